The van der Waals surface area contributed by atoms with Gasteiger partial charge in [0.25, 0.3) is 6.01 Å². The molecule has 1 unspecified atom stereocenters. The second-order valence-corrected chi connectivity index (χ2v) is 10.7. The Bertz CT molecular complexity index is 1320. The number of benzene rings is 2. The van der Waals surface area contributed by atoms with Crippen molar-refractivity contribution in [3.05, 3.63) is 60.3 Å². The first kappa shape index (κ1) is 25.6. The number of oxazole rings is 1. The van der Waals surface area contributed by atoms with E-state index in [1.54, 1.807) is 6.20 Å². The molecule has 3 aromatic rings. The predicted molar refractivity (Wildman–Crippen MR) is 140 cm³/mol. The lowest BCUT2D eigenvalue weighted by atomic mass is 9.89. The smallest absolute Gasteiger partial charge is 0.424 e. The van der Waals surface area contributed by atoms with Crippen LogP contribution in [0.5, 0.6) is 5.75 Å². The molecule has 10 heteroatoms. The highest BCUT2D eigenvalue weighted by Gasteiger charge is 2.46. The van der Waals surface area contributed by atoms with Crippen LogP contribution in [-0.2, 0) is 0 Å². The quantitative estimate of drug-likeness (QED) is 0.377. The maximum atomic E-state index is 12.4. The highest BCUT2D eigenvalue weighted by atomic mass is 19.4. The van der Waals surface area contributed by atoms with Gasteiger partial charge in [-0.2, -0.15) is 5.26 Å². The first-order valence-corrected chi connectivity index (χ1v) is 13.5. The Labute approximate surface area is 225 Å². The van der Waals surface area contributed by atoms with Crippen LogP contribution < -0.4 is 20.3 Å². The van der Waals surface area contributed by atoms with Gasteiger partial charge >= 0.3 is 6.36 Å². The number of nitrogens with zero attached hydrogens (tertiary/aromatic N) is 3. The van der Waals surface area contributed by atoms with Gasteiger partial charge in [0.2, 0.25) is 0 Å². The molecule has 6 rings (SSSR count). The number of rotatable bonds is 7. The van der Waals surface area contributed by atoms with Crippen LogP contribution in [0.4, 0.5) is 24.9 Å². The van der Waals surface area contributed by atoms with Crippen molar-refractivity contribution < 1.29 is 22.3 Å². The van der Waals surface area contributed by atoms with E-state index in [-0.39, 0.29) is 17.8 Å². The number of hydrogen-bond donors (Lipinski definition) is 2. The van der Waals surface area contributed by atoms with Crippen molar-refractivity contribution in [3.63, 3.8) is 0 Å². The molecule has 2 aromatic carbocycles. The fourth-order valence-electron chi connectivity index (χ4n) is 6.46. The molecule has 39 heavy (non-hydrogen) atoms. The fourth-order valence-corrected chi connectivity index (χ4v) is 6.46. The minimum Gasteiger partial charge on any atom is -0.424 e. The van der Waals surface area contributed by atoms with Crippen LogP contribution in [0, 0.1) is 17.2 Å². The van der Waals surface area contributed by atoms with Crippen LogP contribution in [-0.4, -0.2) is 42.1 Å². The predicted octanol–water partition coefficient (Wildman–Crippen LogP) is 6.09. The third kappa shape index (κ3) is 5.69. The molecule has 2 N–H and O–H groups in total. The van der Waals surface area contributed by atoms with Gasteiger partial charge in [-0.05, 0) is 80.1 Å². The molecule has 3 fully saturated rings. The van der Waals surface area contributed by atoms with E-state index in [4.69, 9.17) is 9.68 Å². The van der Waals surface area contributed by atoms with E-state index in [0.29, 0.717) is 40.9 Å². The van der Waals surface area contributed by atoms with Gasteiger partial charge in [0.1, 0.15) is 5.75 Å². The summed E-state index contributed by atoms with van der Waals surface area (Å²) >= 11 is 0. The maximum absolute atomic E-state index is 12.4. The van der Waals surface area contributed by atoms with Gasteiger partial charge in [-0.15, -0.1) is 13.2 Å². The third-order valence-electron chi connectivity index (χ3n) is 8.19. The van der Waals surface area contributed by atoms with Crippen molar-refractivity contribution in [2.75, 3.05) is 16.8 Å². The summed E-state index contributed by atoms with van der Waals surface area (Å²) in [5.41, 5.74) is 2.47. The summed E-state index contributed by atoms with van der Waals surface area (Å²) < 4.78 is 47.2. The summed E-state index contributed by atoms with van der Waals surface area (Å²) in [5.74, 6) is 0.862. The molecule has 1 aromatic heterocycles. The van der Waals surface area contributed by atoms with Crippen molar-refractivity contribution in [1.29, 1.82) is 5.26 Å². The summed E-state index contributed by atoms with van der Waals surface area (Å²) in [5, 5.41) is 16.6. The van der Waals surface area contributed by atoms with E-state index >= 15 is 0 Å². The molecule has 0 spiro atoms. The summed E-state index contributed by atoms with van der Waals surface area (Å²) in [6.45, 7) is 1.06. The van der Waals surface area contributed by atoms with Crippen LogP contribution in [0.3, 0.4) is 0 Å². The Morgan fingerprint density at radius 3 is 2.41 bits per heavy atom. The van der Waals surface area contributed by atoms with Crippen LogP contribution in [0.1, 0.15) is 44.1 Å². The molecule has 5 atom stereocenters. The molecule has 1 aliphatic heterocycles. The number of ether oxygens (including phenoxy) is 1. The average Bonchev–Trinajstić information content (AvgIpc) is 3.66. The molecule has 2 heterocycles. The lowest BCUT2D eigenvalue weighted by Gasteiger charge is -2.40. The molecule has 7 nitrogen and oxygen atoms in total. The number of piperidine rings is 1. The number of halogens is 3. The number of nitriles is 1. The Kier molecular flexibility index (Phi) is 6.85. The second-order valence-electron chi connectivity index (χ2n) is 10.7. The van der Waals surface area contributed by atoms with Gasteiger partial charge in [0.15, 0.2) is 5.76 Å². The van der Waals surface area contributed by atoms with Gasteiger partial charge in [-0.25, -0.2) is 4.98 Å². The Morgan fingerprint density at radius 2 is 1.72 bits per heavy atom. The number of alkyl halides is 3. The zero-order valence-electron chi connectivity index (χ0n) is 21.3. The van der Waals surface area contributed by atoms with E-state index < -0.39 is 6.36 Å². The summed E-state index contributed by atoms with van der Waals surface area (Å²) in [6.07, 6.45) is 3.55. The monoisotopic (exact) mass is 537 g/mol. The van der Waals surface area contributed by atoms with E-state index in [9.17, 15) is 13.2 Å². The van der Waals surface area contributed by atoms with Crippen molar-refractivity contribution in [2.45, 2.75) is 69.1 Å². The Morgan fingerprint density at radius 1 is 0.974 bits per heavy atom. The molecule has 2 saturated carbocycles. The van der Waals surface area contributed by atoms with E-state index in [1.807, 2.05) is 12.1 Å². The summed E-state index contributed by atoms with van der Waals surface area (Å²) in [7, 11) is 0. The van der Waals surface area contributed by atoms with Gasteiger partial charge in [0.05, 0.1) is 17.8 Å². The Balaban J connectivity index is 1.10. The molecule has 1 saturated heterocycles. The number of fused-ring (bicyclic) bond motifs is 2. The first-order chi connectivity index (χ1) is 18.8. The minimum absolute atomic E-state index is 0.162. The zero-order valence-corrected chi connectivity index (χ0v) is 21.3. The number of nitrogens with one attached hydrogen (secondary N) is 2. The summed E-state index contributed by atoms with van der Waals surface area (Å²) in [6, 6.07) is 17.3. The SMILES string of the molecule is N#Cc1ccc(N2C[C@@H]3CC(N[C@@H]4CCCC[C@H]4Nc4ncc(-c5ccc(OC(F)(F)F)cc5)o4)[C@H]2C3)cc1. The van der Waals surface area contributed by atoms with Crippen LogP contribution in [0.2, 0.25) is 0 Å². The van der Waals surface area contributed by atoms with Gasteiger partial charge in [-0.3, -0.25) is 0 Å². The van der Waals surface area contributed by atoms with Crippen molar-refractivity contribution in [2.24, 2.45) is 5.92 Å². The van der Waals surface area contributed by atoms with E-state index in [1.165, 1.54) is 42.8 Å². The van der Waals surface area contributed by atoms with Gasteiger partial charge in [0, 0.05) is 42.0 Å². The maximum Gasteiger partial charge on any atom is 0.573 e. The number of hydrogen-bond acceptors (Lipinski definition) is 7. The lowest BCUT2D eigenvalue weighted by molar-refractivity contribution is -0.274. The molecule has 0 amide bonds. The number of aromatic nitrogens is 1. The average molecular weight is 538 g/mol. The lowest BCUT2D eigenvalue weighted by Crippen LogP contribution is -2.56. The number of anilines is 2. The van der Waals surface area contributed by atoms with Gasteiger partial charge < -0.3 is 24.7 Å². The van der Waals surface area contributed by atoms with E-state index in [0.717, 1.165) is 32.2 Å². The van der Waals surface area contributed by atoms with Crippen molar-refractivity contribution in [1.82, 2.24) is 10.3 Å². The fraction of sp³-hybridized carbons (Fsp3) is 0.448. The highest BCUT2D eigenvalue weighted by molar-refractivity contribution is 5.58. The zero-order chi connectivity index (χ0) is 27.0. The standard InChI is InChI=1S/C29H30F3N5O2/c30-29(31,32)39-22-11-7-20(8-12-22)27-16-34-28(38-27)36-24-4-2-1-3-23(24)35-25-13-19-14-26(25)37(17-19)21-9-5-18(15-33)6-10-21/h5-12,16,19,23-26,35H,1-4,13-14,17H2,(H,34,36)/t19-,23-,24-,25?,26-/m1/s1. The molecular formula is C29H30F3N5O2. The molecule has 2 bridgehead atoms. The molecule has 3 aliphatic rings. The molecule has 2 aliphatic carbocycles. The topological polar surface area (TPSA) is 86.4 Å². The normalized spacial score (nSPS) is 26.4. The minimum atomic E-state index is -4.73. The van der Waals surface area contributed by atoms with Crippen molar-refractivity contribution in [3.8, 4) is 23.1 Å². The second kappa shape index (κ2) is 10.5. The molecular weight excluding hydrogens is 507 g/mol. The van der Waals surface area contributed by atoms with Crippen LogP contribution >= 0.6 is 0 Å². The van der Waals surface area contributed by atoms with Crippen LogP contribution in [0.15, 0.2) is 59.1 Å². The summed E-state index contributed by atoms with van der Waals surface area (Å²) in [4.78, 5) is 6.88. The largest absolute Gasteiger partial charge is 0.573 e. The highest BCUT2D eigenvalue weighted by Crippen LogP contribution is 2.41. The van der Waals surface area contributed by atoms with Crippen LogP contribution in [0.25, 0.3) is 11.3 Å². The first-order valence-electron chi connectivity index (χ1n) is 13.5. The van der Waals surface area contributed by atoms with E-state index in [2.05, 4.69) is 43.5 Å². The molecule has 0 radical (unpaired) electrons. The third-order valence-corrected chi connectivity index (χ3v) is 8.19. The molecule has 204 valence electrons. The Hall–Kier alpha value is -3.71. The van der Waals surface area contributed by atoms with Crippen molar-refractivity contribution >= 4 is 11.7 Å². The van der Waals surface area contributed by atoms with Gasteiger partial charge in [-0.1, -0.05) is 12.8 Å².